The maximum atomic E-state index is 9.69. The molecule has 0 spiro atoms. The number of nitrogens with zero attached hydrogens (tertiary/aromatic N) is 2. The standard InChI is InChI=1S/C12H13ClN4O4/c13-4-1-5-11(16-10(4)14)17-12(15-5)21-7-3-20-8-6(18)2-19-9(7)8/h1,6-9,18H,2-3H2,(H3,14,15,16,17)/t6-,7-,8-,9-/m1/s1. The number of fused-ring (bicyclic) bond motifs is 2. The summed E-state index contributed by atoms with van der Waals surface area (Å²) < 4.78 is 16.7. The van der Waals surface area contributed by atoms with Gasteiger partial charge in [-0.15, -0.1) is 0 Å². The van der Waals surface area contributed by atoms with Gasteiger partial charge in [0.25, 0.3) is 6.01 Å². The van der Waals surface area contributed by atoms with E-state index in [-0.39, 0.29) is 30.7 Å². The summed E-state index contributed by atoms with van der Waals surface area (Å²) in [5.41, 5.74) is 6.70. The number of nitrogens with one attached hydrogen (secondary N) is 1. The van der Waals surface area contributed by atoms with Crippen molar-refractivity contribution in [1.29, 1.82) is 0 Å². The number of H-pyrrole nitrogens is 1. The first-order valence-electron chi connectivity index (χ1n) is 6.51. The van der Waals surface area contributed by atoms with Gasteiger partial charge in [0.15, 0.2) is 11.8 Å². The minimum absolute atomic E-state index is 0.216. The van der Waals surface area contributed by atoms with E-state index in [0.29, 0.717) is 28.8 Å². The van der Waals surface area contributed by atoms with Crippen LogP contribution >= 0.6 is 11.6 Å². The van der Waals surface area contributed by atoms with Crippen LogP contribution < -0.4 is 10.5 Å². The number of aliphatic hydroxyl groups is 1. The molecular weight excluding hydrogens is 300 g/mol. The van der Waals surface area contributed by atoms with Crippen molar-refractivity contribution in [1.82, 2.24) is 15.0 Å². The van der Waals surface area contributed by atoms with Gasteiger partial charge in [-0.3, -0.25) is 0 Å². The number of aromatic nitrogens is 3. The molecule has 9 heteroatoms. The van der Waals surface area contributed by atoms with Crippen LogP contribution in [-0.2, 0) is 9.47 Å². The predicted octanol–water partition coefficient (Wildman–Crippen LogP) is 0.0994. The molecule has 2 aliphatic heterocycles. The topological polar surface area (TPSA) is 116 Å². The first-order chi connectivity index (χ1) is 10.1. The summed E-state index contributed by atoms with van der Waals surface area (Å²) in [4.78, 5) is 11.3. The van der Waals surface area contributed by atoms with Gasteiger partial charge < -0.3 is 30.0 Å². The number of pyridine rings is 1. The lowest BCUT2D eigenvalue weighted by Crippen LogP contribution is -2.34. The third kappa shape index (κ3) is 2.11. The molecule has 2 saturated heterocycles. The number of hydrogen-bond donors (Lipinski definition) is 3. The summed E-state index contributed by atoms with van der Waals surface area (Å²) in [6, 6.07) is 1.93. The van der Waals surface area contributed by atoms with Crippen molar-refractivity contribution in [3.8, 4) is 6.01 Å². The van der Waals surface area contributed by atoms with Crippen LogP contribution in [0.5, 0.6) is 6.01 Å². The molecule has 4 atom stereocenters. The van der Waals surface area contributed by atoms with Gasteiger partial charge in [0.2, 0.25) is 0 Å². The van der Waals surface area contributed by atoms with Crippen LogP contribution in [0.15, 0.2) is 6.07 Å². The molecule has 0 aliphatic carbocycles. The lowest BCUT2D eigenvalue weighted by molar-refractivity contribution is 0.00706. The zero-order valence-electron chi connectivity index (χ0n) is 10.8. The van der Waals surface area contributed by atoms with Gasteiger partial charge in [0.1, 0.15) is 24.1 Å². The molecule has 0 bridgehead atoms. The van der Waals surface area contributed by atoms with Crippen LogP contribution in [0.3, 0.4) is 0 Å². The number of ether oxygens (including phenoxy) is 3. The van der Waals surface area contributed by atoms with E-state index < -0.39 is 6.10 Å². The number of aliphatic hydroxyl groups excluding tert-OH is 1. The summed E-state index contributed by atoms with van der Waals surface area (Å²) in [5, 5.41) is 10.0. The quantitative estimate of drug-likeness (QED) is 0.720. The van der Waals surface area contributed by atoms with Gasteiger partial charge in [-0.1, -0.05) is 11.6 Å². The maximum absolute atomic E-state index is 9.69. The van der Waals surface area contributed by atoms with Gasteiger partial charge in [0, 0.05) is 0 Å². The summed E-state index contributed by atoms with van der Waals surface area (Å²) >= 11 is 5.91. The lowest BCUT2D eigenvalue weighted by Gasteiger charge is -2.15. The van der Waals surface area contributed by atoms with Crippen LogP contribution in [0.1, 0.15) is 0 Å². The average molecular weight is 313 g/mol. The Balaban J connectivity index is 1.57. The van der Waals surface area contributed by atoms with Crippen molar-refractivity contribution in [2.45, 2.75) is 24.4 Å². The van der Waals surface area contributed by atoms with Crippen molar-refractivity contribution in [3.05, 3.63) is 11.1 Å². The number of aromatic amines is 1. The fourth-order valence-electron chi connectivity index (χ4n) is 2.65. The smallest absolute Gasteiger partial charge is 0.296 e. The Morgan fingerprint density at radius 1 is 1.33 bits per heavy atom. The van der Waals surface area contributed by atoms with Crippen molar-refractivity contribution < 1.29 is 19.3 Å². The number of hydrogen-bond acceptors (Lipinski definition) is 7. The summed E-state index contributed by atoms with van der Waals surface area (Å²) in [5.74, 6) is 0.216. The fourth-order valence-corrected chi connectivity index (χ4v) is 2.81. The van der Waals surface area contributed by atoms with Gasteiger partial charge in [-0.2, -0.15) is 4.98 Å². The first kappa shape index (κ1) is 13.1. The van der Waals surface area contributed by atoms with E-state index in [4.69, 9.17) is 31.5 Å². The van der Waals surface area contributed by atoms with Gasteiger partial charge in [-0.05, 0) is 6.07 Å². The minimum Gasteiger partial charge on any atom is -0.456 e. The molecule has 8 nitrogen and oxygen atoms in total. The minimum atomic E-state index is -0.612. The Morgan fingerprint density at radius 2 is 2.14 bits per heavy atom. The molecule has 4 N–H and O–H groups in total. The monoisotopic (exact) mass is 312 g/mol. The van der Waals surface area contributed by atoms with Crippen LogP contribution in [0, 0.1) is 0 Å². The van der Waals surface area contributed by atoms with Gasteiger partial charge >= 0.3 is 0 Å². The number of imidazole rings is 1. The second kappa shape index (κ2) is 4.70. The van der Waals surface area contributed by atoms with E-state index in [1.807, 2.05) is 0 Å². The molecule has 0 unspecified atom stereocenters. The number of nitrogens with two attached hydrogens (primary N) is 1. The Labute approximate surface area is 124 Å². The molecule has 0 saturated carbocycles. The van der Waals surface area contributed by atoms with Crippen LogP contribution in [0.25, 0.3) is 11.2 Å². The molecule has 4 heterocycles. The molecular formula is C12H13ClN4O4. The van der Waals surface area contributed by atoms with Crippen molar-refractivity contribution in [2.24, 2.45) is 0 Å². The molecule has 2 fully saturated rings. The number of nitrogen functional groups attached to an aromatic ring is 1. The van der Waals surface area contributed by atoms with E-state index in [0.717, 1.165) is 0 Å². The highest BCUT2D eigenvalue weighted by Crippen LogP contribution is 2.30. The van der Waals surface area contributed by atoms with E-state index in [2.05, 4.69) is 15.0 Å². The molecule has 0 amide bonds. The SMILES string of the molecule is Nc1nc2nc(O[C@@H]3CO[C@H]4[C@@H]3OC[C@H]4O)[nH]c2cc1Cl. The molecule has 4 rings (SSSR count). The van der Waals surface area contributed by atoms with E-state index >= 15 is 0 Å². The van der Waals surface area contributed by atoms with Crippen LogP contribution in [0.2, 0.25) is 5.02 Å². The number of halogens is 1. The lowest BCUT2D eigenvalue weighted by atomic mass is 10.1. The molecule has 2 aromatic rings. The maximum Gasteiger partial charge on any atom is 0.296 e. The Hall–Kier alpha value is -1.61. The Kier molecular flexibility index (Phi) is 2.93. The van der Waals surface area contributed by atoms with Crippen LogP contribution in [0.4, 0.5) is 5.82 Å². The second-order valence-electron chi connectivity index (χ2n) is 5.09. The highest BCUT2D eigenvalue weighted by Gasteiger charge is 2.48. The summed E-state index contributed by atoms with van der Waals surface area (Å²) in [7, 11) is 0. The van der Waals surface area contributed by atoms with E-state index in [1.165, 1.54) is 0 Å². The zero-order valence-corrected chi connectivity index (χ0v) is 11.6. The molecule has 21 heavy (non-hydrogen) atoms. The zero-order chi connectivity index (χ0) is 14.6. The van der Waals surface area contributed by atoms with Crippen molar-refractivity contribution in [3.63, 3.8) is 0 Å². The highest BCUT2D eigenvalue weighted by atomic mass is 35.5. The van der Waals surface area contributed by atoms with Crippen molar-refractivity contribution >= 4 is 28.6 Å². The number of anilines is 1. The third-order valence-corrected chi connectivity index (χ3v) is 3.98. The van der Waals surface area contributed by atoms with Crippen molar-refractivity contribution in [2.75, 3.05) is 18.9 Å². The third-order valence-electron chi connectivity index (χ3n) is 3.68. The fraction of sp³-hybridized carbons (Fsp3) is 0.500. The molecule has 0 radical (unpaired) electrons. The normalized spacial score (nSPS) is 31.7. The molecule has 0 aromatic carbocycles. The molecule has 2 aliphatic rings. The molecule has 112 valence electrons. The first-order valence-corrected chi connectivity index (χ1v) is 6.89. The molecule has 2 aromatic heterocycles. The van der Waals surface area contributed by atoms with E-state index in [9.17, 15) is 5.11 Å². The van der Waals surface area contributed by atoms with Gasteiger partial charge in [-0.25, -0.2) is 4.98 Å². The number of rotatable bonds is 2. The Morgan fingerprint density at radius 3 is 3.00 bits per heavy atom. The van der Waals surface area contributed by atoms with E-state index in [1.54, 1.807) is 6.07 Å². The summed E-state index contributed by atoms with van der Waals surface area (Å²) in [6.07, 6.45) is -1.59. The average Bonchev–Trinajstić information content (AvgIpc) is 3.10. The Bertz CT molecular complexity index is 654. The second-order valence-corrected chi connectivity index (χ2v) is 5.50. The van der Waals surface area contributed by atoms with Crippen LogP contribution in [-0.4, -0.2) is 57.7 Å². The summed E-state index contributed by atoms with van der Waals surface area (Å²) in [6.45, 7) is 0.586. The van der Waals surface area contributed by atoms with Gasteiger partial charge in [0.05, 0.1) is 23.8 Å². The largest absolute Gasteiger partial charge is 0.456 e. The predicted molar refractivity (Wildman–Crippen MR) is 73.2 cm³/mol. The highest BCUT2D eigenvalue weighted by molar-refractivity contribution is 6.33.